The zero-order valence-corrected chi connectivity index (χ0v) is 8.54. The van der Waals surface area contributed by atoms with Gasteiger partial charge in [-0.2, -0.15) is 0 Å². The van der Waals surface area contributed by atoms with E-state index in [1.54, 1.807) is 6.92 Å². The first kappa shape index (κ1) is 11.4. The van der Waals surface area contributed by atoms with Gasteiger partial charge in [-0.1, -0.05) is 6.07 Å². The second-order valence-electron chi connectivity index (χ2n) is 3.17. The number of ether oxygens (including phenoxy) is 1. The monoisotopic (exact) mass is 210 g/mol. The molecule has 0 bridgehead atoms. The van der Waals surface area contributed by atoms with Crippen LogP contribution in [0.25, 0.3) is 0 Å². The van der Waals surface area contributed by atoms with Crippen LogP contribution in [0.4, 0.5) is 4.39 Å². The van der Waals surface area contributed by atoms with Crippen LogP contribution >= 0.6 is 0 Å². The fourth-order valence-corrected chi connectivity index (χ4v) is 1.25. The normalized spacial score (nSPS) is 9.80. The van der Waals surface area contributed by atoms with Crippen LogP contribution in [0.2, 0.25) is 0 Å². The van der Waals surface area contributed by atoms with Crippen molar-refractivity contribution in [3.8, 4) is 0 Å². The minimum atomic E-state index is -0.562. The van der Waals surface area contributed by atoms with E-state index >= 15 is 0 Å². The Kier molecular flexibility index (Phi) is 3.55. The SMILES string of the molecule is COC(=O)Cc1cc(C)c(C=O)cc1F. The second kappa shape index (κ2) is 4.68. The molecule has 0 N–H and O–H groups in total. The van der Waals surface area contributed by atoms with E-state index < -0.39 is 11.8 Å². The van der Waals surface area contributed by atoms with E-state index in [9.17, 15) is 14.0 Å². The summed E-state index contributed by atoms with van der Waals surface area (Å²) in [4.78, 5) is 21.5. The summed E-state index contributed by atoms with van der Waals surface area (Å²) in [6.45, 7) is 1.68. The van der Waals surface area contributed by atoms with Gasteiger partial charge in [0.15, 0.2) is 0 Å². The molecule has 0 saturated heterocycles. The lowest BCUT2D eigenvalue weighted by molar-refractivity contribution is -0.139. The van der Waals surface area contributed by atoms with E-state index in [1.165, 1.54) is 13.2 Å². The number of halogens is 1. The summed E-state index contributed by atoms with van der Waals surface area (Å²) in [5, 5.41) is 0. The minimum Gasteiger partial charge on any atom is -0.469 e. The summed E-state index contributed by atoms with van der Waals surface area (Å²) in [6.07, 6.45) is 0.461. The van der Waals surface area contributed by atoms with E-state index in [2.05, 4.69) is 4.74 Å². The van der Waals surface area contributed by atoms with Gasteiger partial charge in [-0.15, -0.1) is 0 Å². The predicted octanol–water partition coefficient (Wildman–Crippen LogP) is 1.66. The standard InChI is InChI=1S/C11H11FO3/c1-7-3-8(5-11(14)15-2)10(12)4-9(7)6-13/h3-4,6H,5H2,1-2H3. The highest BCUT2D eigenvalue weighted by molar-refractivity contribution is 5.78. The third kappa shape index (κ3) is 2.62. The summed E-state index contributed by atoms with van der Waals surface area (Å²) < 4.78 is 17.8. The zero-order valence-electron chi connectivity index (χ0n) is 8.54. The van der Waals surface area contributed by atoms with Crippen molar-refractivity contribution in [1.82, 2.24) is 0 Å². The number of carbonyl (C=O) groups excluding carboxylic acids is 2. The average Bonchev–Trinajstić information content (AvgIpc) is 2.22. The van der Waals surface area contributed by atoms with Crippen LogP contribution in [0.1, 0.15) is 21.5 Å². The van der Waals surface area contributed by atoms with Crippen molar-refractivity contribution in [1.29, 1.82) is 0 Å². The van der Waals surface area contributed by atoms with Crippen LogP contribution in [-0.2, 0) is 16.0 Å². The van der Waals surface area contributed by atoms with Crippen LogP contribution in [0, 0.1) is 12.7 Å². The molecule has 0 unspecified atom stereocenters. The van der Waals surface area contributed by atoms with Gasteiger partial charge in [0.1, 0.15) is 12.1 Å². The topological polar surface area (TPSA) is 43.4 Å². The van der Waals surface area contributed by atoms with Gasteiger partial charge in [0.25, 0.3) is 0 Å². The molecule has 1 aromatic carbocycles. The smallest absolute Gasteiger partial charge is 0.310 e. The van der Waals surface area contributed by atoms with Gasteiger partial charge in [-0.3, -0.25) is 9.59 Å². The lowest BCUT2D eigenvalue weighted by atomic mass is 10.0. The average molecular weight is 210 g/mol. The Hall–Kier alpha value is -1.71. The quantitative estimate of drug-likeness (QED) is 0.563. The maximum absolute atomic E-state index is 13.3. The van der Waals surface area contributed by atoms with Crippen molar-refractivity contribution in [2.24, 2.45) is 0 Å². The molecule has 0 radical (unpaired) electrons. The molecule has 15 heavy (non-hydrogen) atoms. The van der Waals surface area contributed by atoms with Crippen LogP contribution in [0.5, 0.6) is 0 Å². The van der Waals surface area contributed by atoms with Gasteiger partial charge >= 0.3 is 5.97 Å². The molecule has 3 nitrogen and oxygen atoms in total. The number of carbonyl (C=O) groups is 2. The molecular formula is C11H11FO3. The van der Waals surface area contributed by atoms with E-state index in [0.717, 1.165) is 6.07 Å². The Balaban J connectivity index is 3.05. The van der Waals surface area contributed by atoms with Gasteiger partial charge in [-0.05, 0) is 24.1 Å². The van der Waals surface area contributed by atoms with Gasteiger partial charge in [-0.25, -0.2) is 4.39 Å². The van der Waals surface area contributed by atoms with Crippen molar-refractivity contribution in [3.05, 3.63) is 34.6 Å². The highest BCUT2D eigenvalue weighted by atomic mass is 19.1. The van der Waals surface area contributed by atoms with Crippen LogP contribution < -0.4 is 0 Å². The second-order valence-corrected chi connectivity index (χ2v) is 3.17. The highest BCUT2D eigenvalue weighted by Crippen LogP contribution is 2.15. The Morgan fingerprint density at radius 1 is 1.53 bits per heavy atom. The van der Waals surface area contributed by atoms with Crippen molar-refractivity contribution in [2.75, 3.05) is 7.11 Å². The Labute approximate surface area is 86.9 Å². The molecule has 0 heterocycles. The summed E-state index contributed by atoms with van der Waals surface area (Å²) >= 11 is 0. The molecule has 1 aromatic rings. The van der Waals surface area contributed by atoms with Crippen molar-refractivity contribution < 1.29 is 18.7 Å². The van der Waals surface area contributed by atoms with E-state index in [0.29, 0.717) is 17.4 Å². The number of benzene rings is 1. The molecule has 0 aromatic heterocycles. The molecule has 0 saturated carbocycles. The summed E-state index contributed by atoms with van der Waals surface area (Å²) in [7, 11) is 1.24. The number of hydrogen-bond acceptors (Lipinski definition) is 3. The van der Waals surface area contributed by atoms with Crippen molar-refractivity contribution in [3.63, 3.8) is 0 Å². The number of esters is 1. The summed E-state index contributed by atoms with van der Waals surface area (Å²) in [5.74, 6) is -1.07. The number of rotatable bonds is 3. The summed E-state index contributed by atoms with van der Waals surface area (Å²) in [6, 6.07) is 2.61. The fraction of sp³-hybridized carbons (Fsp3) is 0.273. The number of hydrogen-bond donors (Lipinski definition) is 0. The van der Waals surface area contributed by atoms with Gasteiger partial charge in [0.05, 0.1) is 13.5 Å². The van der Waals surface area contributed by atoms with Crippen LogP contribution in [0.15, 0.2) is 12.1 Å². The van der Waals surface area contributed by atoms with E-state index in [4.69, 9.17) is 0 Å². The van der Waals surface area contributed by atoms with Gasteiger partial charge in [0, 0.05) is 5.56 Å². The number of aryl methyl sites for hydroxylation is 1. The predicted molar refractivity (Wildman–Crippen MR) is 52.2 cm³/mol. The Morgan fingerprint density at radius 3 is 2.73 bits per heavy atom. The maximum Gasteiger partial charge on any atom is 0.310 e. The molecule has 0 atom stereocenters. The van der Waals surface area contributed by atoms with E-state index in [-0.39, 0.29) is 12.0 Å². The Bertz CT molecular complexity index is 399. The lowest BCUT2D eigenvalue weighted by Crippen LogP contribution is -2.07. The van der Waals surface area contributed by atoms with Crippen molar-refractivity contribution >= 4 is 12.3 Å². The summed E-state index contributed by atoms with van der Waals surface area (Å²) in [5.41, 5.74) is 1.18. The van der Waals surface area contributed by atoms with Gasteiger partial charge < -0.3 is 4.74 Å². The Morgan fingerprint density at radius 2 is 2.20 bits per heavy atom. The van der Waals surface area contributed by atoms with Crippen LogP contribution in [-0.4, -0.2) is 19.4 Å². The van der Waals surface area contributed by atoms with Gasteiger partial charge in [0.2, 0.25) is 0 Å². The first-order valence-corrected chi connectivity index (χ1v) is 4.39. The van der Waals surface area contributed by atoms with Crippen molar-refractivity contribution in [2.45, 2.75) is 13.3 Å². The minimum absolute atomic E-state index is 0.123. The highest BCUT2D eigenvalue weighted by Gasteiger charge is 2.10. The number of aldehydes is 1. The maximum atomic E-state index is 13.3. The molecular weight excluding hydrogens is 199 g/mol. The molecule has 80 valence electrons. The largest absolute Gasteiger partial charge is 0.469 e. The first-order valence-electron chi connectivity index (χ1n) is 4.39. The molecule has 0 spiro atoms. The molecule has 4 heteroatoms. The third-order valence-electron chi connectivity index (χ3n) is 2.12. The van der Waals surface area contributed by atoms with E-state index in [1.807, 2.05) is 0 Å². The molecule has 0 amide bonds. The third-order valence-corrected chi connectivity index (χ3v) is 2.12. The molecule has 0 aliphatic rings. The van der Waals surface area contributed by atoms with Crippen LogP contribution in [0.3, 0.4) is 0 Å². The zero-order chi connectivity index (χ0) is 11.4. The number of methoxy groups -OCH3 is 1. The lowest BCUT2D eigenvalue weighted by Gasteiger charge is -2.05. The molecule has 0 aliphatic carbocycles. The fourth-order valence-electron chi connectivity index (χ4n) is 1.25. The molecule has 0 fully saturated rings. The molecule has 0 aliphatic heterocycles. The molecule has 1 rings (SSSR count). The first-order chi connectivity index (χ1) is 7.08.